The SMILES string of the molecule is Cc1ccc(F)cc1NC(=O)c1ccc2c(c1)NC(=O)CO2. The highest BCUT2D eigenvalue weighted by atomic mass is 19.1. The number of hydrogen-bond acceptors (Lipinski definition) is 3. The molecule has 22 heavy (non-hydrogen) atoms. The van der Waals surface area contributed by atoms with Crippen molar-refractivity contribution in [2.75, 3.05) is 17.2 Å². The molecule has 2 aromatic carbocycles. The van der Waals surface area contributed by atoms with Crippen molar-refractivity contribution in [2.45, 2.75) is 6.92 Å². The molecule has 0 bridgehead atoms. The van der Waals surface area contributed by atoms with Crippen molar-refractivity contribution in [3.05, 3.63) is 53.3 Å². The summed E-state index contributed by atoms with van der Waals surface area (Å²) >= 11 is 0. The van der Waals surface area contributed by atoms with Gasteiger partial charge in [0.25, 0.3) is 11.8 Å². The van der Waals surface area contributed by atoms with Gasteiger partial charge in [-0.05, 0) is 42.8 Å². The first-order chi connectivity index (χ1) is 10.5. The Morgan fingerprint density at radius 3 is 2.91 bits per heavy atom. The van der Waals surface area contributed by atoms with Gasteiger partial charge in [-0.2, -0.15) is 0 Å². The number of rotatable bonds is 2. The molecule has 0 saturated carbocycles. The fraction of sp³-hybridized carbons (Fsp3) is 0.125. The van der Waals surface area contributed by atoms with E-state index in [0.29, 0.717) is 22.7 Å². The zero-order valence-corrected chi connectivity index (χ0v) is 11.8. The third-order valence-electron chi connectivity index (χ3n) is 3.32. The van der Waals surface area contributed by atoms with Crippen molar-refractivity contribution in [1.82, 2.24) is 0 Å². The van der Waals surface area contributed by atoms with Gasteiger partial charge in [-0.1, -0.05) is 6.07 Å². The number of ether oxygens (including phenoxy) is 1. The Labute approximate surface area is 126 Å². The number of fused-ring (bicyclic) bond motifs is 1. The maximum atomic E-state index is 13.3. The lowest BCUT2D eigenvalue weighted by Gasteiger charge is -2.18. The van der Waals surface area contributed by atoms with Crippen LogP contribution in [0.4, 0.5) is 15.8 Å². The molecule has 112 valence electrons. The van der Waals surface area contributed by atoms with E-state index >= 15 is 0 Å². The number of nitrogens with one attached hydrogen (secondary N) is 2. The van der Waals surface area contributed by atoms with Crippen LogP contribution in [0.3, 0.4) is 0 Å². The second-order valence-electron chi connectivity index (χ2n) is 4.96. The lowest BCUT2D eigenvalue weighted by molar-refractivity contribution is -0.118. The van der Waals surface area contributed by atoms with Gasteiger partial charge in [0, 0.05) is 11.3 Å². The number of hydrogen-bond donors (Lipinski definition) is 2. The molecule has 0 aliphatic carbocycles. The van der Waals surface area contributed by atoms with Crippen molar-refractivity contribution in [3.63, 3.8) is 0 Å². The van der Waals surface area contributed by atoms with Crippen LogP contribution in [0.5, 0.6) is 5.75 Å². The van der Waals surface area contributed by atoms with E-state index in [1.807, 2.05) is 0 Å². The summed E-state index contributed by atoms with van der Waals surface area (Å²) in [6.45, 7) is 1.73. The van der Waals surface area contributed by atoms with Crippen molar-refractivity contribution < 1.29 is 18.7 Å². The quantitative estimate of drug-likeness (QED) is 0.896. The van der Waals surface area contributed by atoms with E-state index in [2.05, 4.69) is 10.6 Å². The molecule has 1 aliphatic heterocycles. The standard InChI is InChI=1S/C16H13FN2O3/c1-9-2-4-11(17)7-12(9)19-16(21)10-3-5-14-13(6-10)18-15(20)8-22-14/h2-7H,8H2,1H3,(H,18,20)(H,19,21). The van der Waals surface area contributed by atoms with Crippen LogP contribution in [-0.2, 0) is 4.79 Å². The molecular weight excluding hydrogens is 287 g/mol. The van der Waals surface area contributed by atoms with Crippen LogP contribution < -0.4 is 15.4 Å². The summed E-state index contributed by atoms with van der Waals surface area (Å²) in [7, 11) is 0. The van der Waals surface area contributed by atoms with Crippen LogP contribution in [0, 0.1) is 12.7 Å². The number of amides is 2. The predicted octanol–water partition coefficient (Wildman–Crippen LogP) is 2.72. The summed E-state index contributed by atoms with van der Waals surface area (Å²) in [5.41, 5.74) is 1.94. The number of aryl methyl sites for hydroxylation is 1. The van der Waals surface area contributed by atoms with Crippen molar-refractivity contribution in [1.29, 1.82) is 0 Å². The van der Waals surface area contributed by atoms with Gasteiger partial charge in [-0.25, -0.2) is 4.39 Å². The van der Waals surface area contributed by atoms with E-state index in [4.69, 9.17) is 4.74 Å². The minimum atomic E-state index is -0.424. The fourth-order valence-electron chi connectivity index (χ4n) is 2.15. The van der Waals surface area contributed by atoms with Crippen molar-refractivity contribution >= 4 is 23.2 Å². The minimum Gasteiger partial charge on any atom is -0.482 e. The zero-order valence-electron chi connectivity index (χ0n) is 11.8. The molecule has 0 spiro atoms. The van der Waals surface area contributed by atoms with Gasteiger partial charge in [-0.3, -0.25) is 9.59 Å². The van der Waals surface area contributed by atoms with Gasteiger partial charge in [0.2, 0.25) is 0 Å². The minimum absolute atomic E-state index is 0.0406. The predicted molar refractivity (Wildman–Crippen MR) is 79.7 cm³/mol. The maximum Gasteiger partial charge on any atom is 0.262 e. The van der Waals surface area contributed by atoms with E-state index in [-0.39, 0.29) is 12.5 Å². The molecule has 0 aromatic heterocycles. The van der Waals surface area contributed by atoms with Crippen LogP contribution >= 0.6 is 0 Å². The molecule has 5 nitrogen and oxygen atoms in total. The Morgan fingerprint density at radius 2 is 2.09 bits per heavy atom. The molecule has 0 unspecified atom stereocenters. The van der Waals surface area contributed by atoms with Crippen LogP contribution in [0.25, 0.3) is 0 Å². The monoisotopic (exact) mass is 300 g/mol. The van der Waals surface area contributed by atoms with E-state index in [0.717, 1.165) is 5.56 Å². The largest absolute Gasteiger partial charge is 0.482 e. The number of carbonyl (C=O) groups is 2. The Balaban J connectivity index is 1.85. The molecule has 2 aromatic rings. The van der Waals surface area contributed by atoms with Gasteiger partial charge in [-0.15, -0.1) is 0 Å². The van der Waals surface area contributed by atoms with Gasteiger partial charge >= 0.3 is 0 Å². The van der Waals surface area contributed by atoms with E-state index < -0.39 is 11.7 Å². The first kappa shape index (κ1) is 14.1. The number of carbonyl (C=O) groups excluding carboxylic acids is 2. The second kappa shape index (κ2) is 5.48. The van der Waals surface area contributed by atoms with E-state index in [1.165, 1.54) is 18.2 Å². The van der Waals surface area contributed by atoms with Crippen molar-refractivity contribution in [3.8, 4) is 5.75 Å². The molecule has 0 radical (unpaired) electrons. The third-order valence-corrected chi connectivity index (χ3v) is 3.32. The van der Waals surface area contributed by atoms with E-state index in [9.17, 15) is 14.0 Å². The molecule has 2 N–H and O–H groups in total. The molecule has 0 atom stereocenters. The lowest BCUT2D eigenvalue weighted by Crippen LogP contribution is -2.25. The number of anilines is 2. The van der Waals surface area contributed by atoms with Crippen LogP contribution in [0.2, 0.25) is 0 Å². The maximum absolute atomic E-state index is 13.3. The number of halogens is 1. The summed E-state index contributed by atoms with van der Waals surface area (Å²) in [4.78, 5) is 23.6. The highest BCUT2D eigenvalue weighted by Crippen LogP contribution is 2.29. The number of benzene rings is 2. The average Bonchev–Trinajstić information content (AvgIpc) is 2.50. The van der Waals surface area contributed by atoms with Gasteiger partial charge in [0.05, 0.1) is 5.69 Å². The molecule has 6 heteroatoms. The van der Waals surface area contributed by atoms with Gasteiger partial charge in [0.15, 0.2) is 6.61 Å². The lowest BCUT2D eigenvalue weighted by atomic mass is 10.1. The van der Waals surface area contributed by atoms with Crippen LogP contribution in [0.1, 0.15) is 15.9 Å². The normalized spacial score (nSPS) is 12.9. The van der Waals surface area contributed by atoms with E-state index in [1.54, 1.807) is 25.1 Å². The summed E-state index contributed by atoms with van der Waals surface area (Å²) in [5.74, 6) is -0.576. The fourth-order valence-corrected chi connectivity index (χ4v) is 2.15. The molecule has 1 aliphatic rings. The van der Waals surface area contributed by atoms with Crippen LogP contribution in [0.15, 0.2) is 36.4 Å². The average molecular weight is 300 g/mol. The molecule has 0 saturated heterocycles. The topological polar surface area (TPSA) is 67.4 Å². The molecule has 3 rings (SSSR count). The van der Waals surface area contributed by atoms with Crippen LogP contribution in [-0.4, -0.2) is 18.4 Å². The smallest absolute Gasteiger partial charge is 0.262 e. The third kappa shape index (κ3) is 2.76. The Bertz CT molecular complexity index is 774. The highest BCUT2D eigenvalue weighted by Gasteiger charge is 2.18. The molecule has 1 heterocycles. The second-order valence-corrected chi connectivity index (χ2v) is 4.96. The summed E-state index contributed by atoms with van der Waals surface area (Å²) in [5, 5.41) is 5.29. The zero-order chi connectivity index (χ0) is 15.7. The molecule has 0 fully saturated rings. The molecular formula is C16H13FN2O3. The summed E-state index contributed by atoms with van der Waals surface area (Å²) < 4.78 is 18.5. The van der Waals surface area contributed by atoms with Gasteiger partial charge in [0.1, 0.15) is 11.6 Å². The first-order valence-electron chi connectivity index (χ1n) is 6.67. The Hall–Kier alpha value is -2.89. The highest BCUT2D eigenvalue weighted by molar-refractivity contribution is 6.06. The first-order valence-corrected chi connectivity index (χ1v) is 6.67. The summed E-state index contributed by atoms with van der Waals surface area (Å²) in [6, 6.07) is 8.90. The van der Waals surface area contributed by atoms with Crippen molar-refractivity contribution in [2.24, 2.45) is 0 Å². The van der Waals surface area contributed by atoms with Gasteiger partial charge < -0.3 is 15.4 Å². The Kier molecular flexibility index (Phi) is 3.50. The summed E-state index contributed by atoms with van der Waals surface area (Å²) in [6.07, 6.45) is 0. The molecule has 2 amide bonds. The Morgan fingerprint density at radius 1 is 1.27 bits per heavy atom.